The first-order chi connectivity index (χ1) is 5.29. The monoisotopic (exact) mass is 228 g/mol. The normalized spacial score (nSPS) is 10.7. The standard InChI is InChI=1S/C8H5BrOS/c9-6-2-1-5-3-4-10-7(5)8(6)11/h1-4,11H. The molecule has 11 heavy (non-hydrogen) atoms. The Morgan fingerprint density at radius 1 is 1.27 bits per heavy atom. The fourth-order valence-electron chi connectivity index (χ4n) is 0.993. The van der Waals surface area contributed by atoms with Crippen molar-refractivity contribution in [3.05, 3.63) is 28.9 Å². The van der Waals surface area contributed by atoms with Gasteiger partial charge in [-0.2, -0.15) is 0 Å². The fourth-order valence-corrected chi connectivity index (χ4v) is 1.56. The van der Waals surface area contributed by atoms with Gasteiger partial charge < -0.3 is 4.42 Å². The van der Waals surface area contributed by atoms with Crippen molar-refractivity contribution in [2.24, 2.45) is 0 Å². The van der Waals surface area contributed by atoms with Crippen LogP contribution in [0.4, 0.5) is 0 Å². The Bertz CT molecular complexity index is 394. The number of fused-ring (bicyclic) bond motifs is 1. The molecule has 0 aliphatic heterocycles. The van der Waals surface area contributed by atoms with Crippen LogP contribution in [0.2, 0.25) is 0 Å². The largest absolute Gasteiger partial charge is 0.463 e. The molecule has 0 bridgehead atoms. The zero-order valence-corrected chi connectivity index (χ0v) is 8.02. The third-order valence-corrected chi connectivity index (χ3v) is 2.96. The SMILES string of the molecule is Sc1c(Br)ccc2ccoc12. The molecule has 0 saturated carbocycles. The Morgan fingerprint density at radius 2 is 2.09 bits per heavy atom. The number of rotatable bonds is 0. The van der Waals surface area contributed by atoms with Gasteiger partial charge in [-0.25, -0.2) is 0 Å². The summed E-state index contributed by atoms with van der Waals surface area (Å²) in [4.78, 5) is 0.854. The molecule has 56 valence electrons. The van der Waals surface area contributed by atoms with Crippen LogP contribution in [-0.2, 0) is 0 Å². The third-order valence-electron chi connectivity index (χ3n) is 1.55. The molecule has 0 aliphatic rings. The molecule has 0 radical (unpaired) electrons. The summed E-state index contributed by atoms with van der Waals surface area (Å²) in [6.07, 6.45) is 1.66. The minimum atomic E-state index is 0.836. The van der Waals surface area contributed by atoms with Crippen LogP contribution in [0.1, 0.15) is 0 Å². The number of furan rings is 1. The molecule has 0 fully saturated rings. The van der Waals surface area contributed by atoms with Crippen LogP contribution in [0, 0.1) is 0 Å². The summed E-state index contributed by atoms with van der Waals surface area (Å²) < 4.78 is 6.18. The van der Waals surface area contributed by atoms with Gasteiger partial charge in [0.15, 0.2) is 0 Å². The van der Waals surface area contributed by atoms with Crippen LogP contribution < -0.4 is 0 Å². The van der Waals surface area contributed by atoms with E-state index in [1.165, 1.54) is 0 Å². The minimum Gasteiger partial charge on any atom is -0.463 e. The number of hydrogen-bond donors (Lipinski definition) is 1. The van der Waals surface area contributed by atoms with Gasteiger partial charge in [-0.3, -0.25) is 0 Å². The van der Waals surface area contributed by atoms with Gasteiger partial charge in [0.25, 0.3) is 0 Å². The molecule has 2 rings (SSSR count). The van der Waals surface area contributed by atoms with Gasteiger partial charge in [-0.05, 0) is 34.1 Å². The summed E-state index contributed by atoms with van der Waals surface area (Å²) in [5, 5.41) is 1.08. The minimum absolute atomic E-state index is 0.836. The maximum atomic E-state index is 5.22. The Morgan fingerprint density at radius 3 is 2.91 bits per heavy atom. The van der Waals surface area contributed by atoms with E-state index in [-0.39, 0.29) is 0 Å². The van der Waals surface area contributed by atoms with E-state index in [1.807, 2.05) is 18.2 Å². The van der Waals surface area contributed by atoms with Gasteiger partial charge in [0.1, 0.15) is 5.58 Å². The van der Waals surface area contributed by atoms with Gasteiger partial charge in [-0.1, -0.05) is 0 Å². The van der Waals surface area contributed by atoms with Crippen LogP contribution in [0.5, 0.6) is 0 Å². The molecular weight excluding hydrogens is 224 g/mol. The van der Waals surface area contributed by atoms with Crippen molar-refractivity contribution in [3.8, 4) is 0 Å². The smallest absolute Gasteiger partial charge is 0.148 e. The topological polar surface area (TPSA) is 13.1 Å². The van der Waals surface area contributed by atoms with Crippen LogP contribution in [-0.4, -0.2) is 0 Å². The van der Waals surface area contributed by atoms with E-state index in [0.29, 0.717) is 0 Å². The maximum Gasteiger partial charge on any atom is 0.148 e. The van der Waals surface area contributed by atoms with E-state index in [4.69, 9.17) is 4.42 Å². The van der Waals surface area contributed by atoms with Crippen molar-refractivity contribution < 1.29 is 4.42 Å². The molecule has 1 nitrogen and oxygen atoms in total. The molecule has 0 spiro atoms. The third kappa shape index (κ3) is 1.08. The molecule has 0 atom stereocenters. The van der Waals surface area contributed by atoms with Crippen LogP contribution in [0.15, 0.2) is 38.2 Å². The van der Waals surface area contributed by atoms with Crippen molar-refractivity contribution in [2.45, 2.75) is 4.90 Å². The van der Waals surface area contributed by atoms with Gasteiger partial charge in [0.2, 0.25) is 0 Å². The number of halogens is 1. The molecule has 0 unspecified atom stereocenters. The molecule has 0 saturated heterocycles. The van der Waals surface area contributed by atoms with Gasteiger partial charge in [0, 0.05) is 9.86 Å². The summed E-state index contributed by atoms with van der Waals surface area (Å²) in [5.41, 5.74) is 0.836. The lowest BCUT2D eigenvalue weighted by Crippen LogP contribution is -1.70. The first-order valence-electron chi connectivity index (χ1n) is 3.14. The average Bonchev–Trinajstić information content (AvgIpc) is 2.45. The van der Waals surface area contributed by atoms with E-state index >= 15 is 0 Å². The maximum absolute atomic E-state index is 5.22. The second kappa shape index (κ2) is 2.57. The first-order valence-corrected chi connectivity index (χ1v) is 4.38. The van der Waals surface area contributed by atoms with Crippen molar-refractivity contribution >= 4 is 39.5 Å². The molecular formula is C8H5BrOS. The summed E-state index contributed by atoms with van der Waals surface area (Å²) in [6, 6.07) is 5.87. The summed E-state index contributed by atoms with van der Waals surface area (Å²) in [5.74, 6) is 0. The zero-order chi connectivity index (χ0) is 7.84. The van der Waals surface area contributed by atoms with E-state index in [1.54, 1.807) is 6.26 Å². The van der Waals surface area contributed by atoms with E-state index in [0.717, 1.165) is 20.3 Å². The number of thiol groups is 1. The molecule has 0 amide bonds. The highest BCUT2D eigenvalue weighted by Gasteiger charge is 2.03. The highest BCUT2D eigenvalue weighted by molar-refractivity contribution is 9.10. The van der Waals surface area contributed by atoms with E-state index < -0.39 is 0 Å². The Balaban J connectivity index is 2.93. The van der Waals surface area contributed by atoms with Crippen LogP contribution in [0.25, 0.3) is 11.0 Å². The van der Waals surface area contributed by atoms with Crippen LogP contribution >= 0.6 is 28.6 Å². The molecule has 1 aromatic heterocycles. The number of benzene rings is 1. The van der Waals surface area contributed by atoms with Gasteiger partial charge in [-0.15, -0.1) is 12.6 Å². The van der Waals surface area contributed by atoms with Crippen molar-refractivity contribution in [1.82, 2.24) is 0 Å². The molecule has 1 heterocycles. The molecule has 3 heteroatoms. The first kappa shape index (κ1) is 7.25. The van der Waals surface area contributed by atoms with Crippen LogP contribution in [0.3, 0.4) is 0 Å². The summed E-state index contributed by atoms with van der Waals surface area (Å²) >= 11 is 7.65. The van der Waals surface area contributed by atoms with Crippen molar-refractivity contribution in [1.29, 1.82) is 0 Å². The molecule has 2 aromatic rings. The lowest BCUT2D eigenvalue weighted by Gasteiger charge is -1.95. The average molecular weight is 229 g/mol. The summed E-state index contributed by atoms with van der Waals surface area (Å²) in [6.45, 7) is 0. The Kier molecular flexibility index (Phi) is 1.69. The Hall–Kier alpha value is -0.410. The zero-order valence-electron chi connectivity index (χ0n) is 5.54. The summed E-state index contributed by atoms with van der Waals surface area (Å²) in [7, 11) is 0. The molecule has 0 N–H and O–H groups in total. The number of hydrogen-bond acceptors (Lipinski definition) is 2. The second-order valence-electron chi connectivity index (χ2n) is 2.23. The van der Waals surface area contributed by atoms with Crippen molar-refractivity contribution in [3.63, 3.8) is 0 Å². The predicted octanol–water partition coefficient (Wildman–Crippen LogP) is 3.48. The highest BCUT2D eigenvalue weighted by atomic mass is 79.9. The lowest BCUT2D eigenvalue weighted by atomic mass is 10.3. The van der Waals surface area contributed by atoms with E-state index in [2.05, 4.69) is 28.6 Å². The highest BCUT2D eigenvalue weighted by Crippen LogP contribution is 2.29. The molecule has 1 aromatic carbocycles. The Labute approximate surface area is 77.9 Å². The molecule has 0 aliphatic carbocycles. The fraction of sp³-hybridized carbons (Fsp3) is 0. The van der Waals surface area contributed by atoms with Gasteiger partial charge >= 0.3 is 0 Å². The second-order valence-corrected chi connectivity index (χ2v) is 3.54. The lowest BCUT2D eigenvalue weighted by molar-refractivity contribution is 0.608. The predicted molar refractivity (Wildman–Crippen MR) is 51.2 cm³/mol. The van der Waals surface area contributed by atoms with Gasteiger partial charge in [0.05, 0.1) is 11.2 Å². The van der Waals surface area contributed by atoms with Crippen molar-refractivity contribution in [2.75, 3.05) is 0 Å². The quantitative estimate of drug-likeness (QED) is 0.682. The van der Waals surface area contributed by atoms with E-state index in [9.17, 15) is 0 Å².